The van der Waals surface area contributed by atoms with E-state index >= 15 is 0 Å². The number of allylic oxidation sites excluding steroid dienone is 1. The van der Waals surface area contributed by atoms with Crippen molar-refractivity contribution in [2.75, 3.05) is 0 Å². The zero-order valence-corrected chi connectivity index (χ0v) is 9.67. The Hall–Kier alpha value is -0.670. The van der Waals surface area contributed by atoms with E-state index in [4.69, 9.17) is 0 Å². The van der Waals surface area contributed by atoms with Crippen molar-refractivity contribution in [3.63, 3.8) is 0 Å². The predicted molar refractivity (Wildman–Crippen MR) is 63.0 cm³/mol. The molecule has 0 bridgehead atoms. The fourth-order valence-corrected chi connectivity index (χ4v) is 2.71. The first kappa shape index (κ1) is 10.8. The molecule has 1 aromatic heterocycles. The van der Waals surface area contributed by atoms with E-state index in [2.05, 4.69) is 11.1 Å². The van der Waals surface area contributed by atoms with Crippen molar-refractivity contribution in [1.82, 2.24) is 4.98 Å². The molecule has 1 heterocycles. The highest BCUT2D eigenvalue weighted by Gasteiger charge is 2.11. The molecule has 0 aliphatic heterocycles. The number of aromatic nitrogens is 1. The van der Waals surface area contributed by atoms with Gasteiger partial charge in [-0.3, -0.25) is 4.98 Å². The van der Waals surface area contributed by atoms with Crippen LogP contribution in [0.2, 0.25) is 0 Å². The lowest BCUT2D eigenvalue weighted by Gasteiger charge is -2.15. The molecule has 0 spiro atoms. The summed E-state index contributed by atoms with van der Waals surface area (Å²) < 4.78 is 0. The van der Waals surface area contributed by atoms with Gasteiger partial charge in [0, 0.05) is 17.5 Å². The largest absolute Gasteiger partial charge is 0.392 e. The number of hydrogen-bond acceptors (Lipinski definition) is 3. The van der Waals surface area contributed by atoms with Gasteiger partial charge in [0.2, 0.25) is 0 Å². The Labute approximate surface area is 94.7 Å². The van der Waals surface area contributed by atoms with Gasteiger partial charge >= 0.3 is 0 Å². The van der Waals surface area contributed by atoms with Crippen LogP contribution >= 0.6 is 11.3 Å². The van der Waals surface area contributed by atoms with Crippen LogP contribution in [0.3, 0.4) is 0 Å². The summed E-state index contributed by atoms with van der Waals surface area (Å²) in [4.78, 5) is 5.19. The fraction of sp³-hybridized carbons (Fsp3) is 0.583. The van der Waals surface area contributed by atoms with Crippen LogP contribution in [0.15, 0.2) is 23.4 Å². The highest BCUT2D eigenvalue weighted by molar-refractivity contribution is 7.09. The molecule has 1 aromatic rings. The van der Waals surface area contributed by atoms with Crippen molar-refractivity contribution < 1.29 is 5.11 Å². The van der Waals surface area contributed by atoms with E-state index in [0.717, 1.165) is 12.8 Å². The Balaban J connectivity index is 1.81. The normalized spacial score (nSPS) is 18.6. The van der Waals surface area contributed by atoms with Gasteiger partial charge in [0.05, 0.1) is 11.6 Å². The second kappa shape index (κ2) is 5.42. The second-order valence-corrected chi connectivity index (χ2v) is 5.11. The van der Waals surface area contributed by atoms with Gasteiger partial charge < -0.3 is 5.11 Å². The van der Waals surface area contributed by atoms with Gasteiger partial charge in [-0.25, -0.2) is 0 Å². The van der Waals surface area contributed by atoms with Crippen LogP contribution in [0.25, 0.3) is 0 Å². The maximum atomic E-state index is 9.91. The van der Waals surface area contributed by atoms with Crippen LogP contribution in [0.1, 0.15) is 37.0 Å². The third-order valence-corrected chi connectivity index (χ3v) is 3.61. The van der Waals surface area contributed by atoms with E-state index in [1.807, 2.05) is 11.7 Å². The first-order valence-electron chi connectivity index (χ1n) is 5.58. The number of aliphatic hydroxyl groups is 1. The molecule has 0 saturated carbocycles. The zero-order valence-electron chi connectivity index (χ0n) is 8.85. The van der Waals surface area contributed by atoms with Gasteiger partial charge in [-0.15, -0.1) is 11.3 Å². The van der Waals surface area contributed by atoms with Crippen molar-refractivity contribution in [3.05, 3.63) is 28.2 Å². The lowest BCUT2D eigenvalue weighted by atomic mass is 9.94. The third kappa shape index (κ3) is 3.43. The van der Waals surface area contributed by atoms with E-state index in [9.17, 15) is 5.11 Å². The van der Waals surface area contributed by atoms with Gasteiger partial charge in [0.1, 0.15) is 0 Å². The molecule has 3 heteroatoms. The lowest BCUT2D eigenvalue weighted by molar-refractivity contribution is 0.174. The van der Waals surface area contributed by atoms with Gasteiger partial charge in [-0.1, -0.05) is 11.6 Å². The minimum absolute atomic E-state index is 0.227. The molecule has 1 aliphatic carbocycles. The smallest absolute Gasteiger partial charge is 0.0794 e. The minimum atomic E-state index is -0.227. The van der Waals surface area contributed by atoms with Crippen LogP contribution in [-0.2, 0) is 6.42 Å². The van der Waals surface area contributed by atoms with Crippen LogP contribution in [-0.4, -0.2) is 16.2 Å². The summed E-state index contributed by atoms with van der Waals surface area (Å²) in [5.41, 5.74) is 3.26. The Morgan fingerprint density at radius 1 is 1.40 bits per heavy atom. The number of rotatable bonds is 4. The molecule has 0 fully saturated rings. The molecular weight excluding hydrogens is 206 g/mol. The van der Waals surface area contributed by atoms with Gasteiger partial charge in [0.15, 0.2) is 0 Å². The molecule has 0 aromatic carbocycles. The summed E-state index contributed by atoms with van der Waals surface area (Å²) in [5, 5.41) is 9.91. The molecule has 2 nitrogen and oxygen atoms in total. The Bertz CT molecular complexity index is 318. The topological polar surface area (TPSA) is 33.1 Å². The molecule has 2 rings (SSSR count). The third-order valence-electron chi connectivity index (χ3n) is 2.80. The lowest BCUT2D eigenvalue weighted by Crippen LogP contribution is -2.11. The average molecular weight is 223 g/mol. The van der Waals surface area contributed by atoms with Crippen molar-refractivity contribution >= 4 is 11.3 Å². The number of aliphatic hydroxyl groups excluding tert-OH is 1. The predicted octanol–water partition coefficient (Wildman–Crippen LogP) is 2.94. The molecule has 1 atom stereocenters. The van der Waals surface area contributed by atoms with Crippen molar-refractivity contribution in [1.29, 1.82) is 0 Å². The number of nitrogens with zero attached hydrogens (tertiary/aromatic N) is 1. The standard InChI is InChI=1S/C12H17NOS/c14-11(7-12-8-13-9-15-12)6-10-4-2-1-3-5-10/h4,8-9,11,14H,1-3,5-7H2. The summed E-state index contributed by atoms with van der Waals surface area (Å²) in [7, 11) is 0. The van der Waals surface area contributed by atoms with Crippen LogP contribution in [0, 0.1) is 0 Å². The van der Waals surface area contributed by atoms with Crippen LogP contribution in [0.4, 0.5) is 0 Å². The Morgan fingerprint density at radius 2 is 2.33 bits per heavy atom. The quantitative estimate of drug-likeness (QED) is 0.796. The molecule has 1 N–H and O–H groups in total. The zero-order chi connectivity index (χ0) is 10.5. The highest BCUT2D eigenvalue weighted by atomic mass is 32.1. The number of hydrogen-bond donors (Lipinski definition) is 1. The van der Waals surface area contributed by atoms with Crippen LogP contribution < -0.4 is 0 Å². The van der Waals surface area contributed by atoms with E-state index < -0.39 is 0 Å². The van der Waals surface area contributed by atoms with Crippen molar-refractivity contribution in [2.45, 2.75) is 44.6 Å². The minimum Gasteiger partial charge on any atom is -0.392 e. The van der Waals surface area contributed by atoms with Gasteiger partial charge in [0.25, 0.3) is 0 Å². The van der Waals surface area contributed by atoms with E-state index in [1.165, 1.54) is 36.1 Å². The SMILES string of the molecule is OC(CC1=CCCCC1)Cc1cncs1. The summed E-state index contributed by atoms with van der Waals surface area (Å²) in [6.45, 7) is 0. The van der Waals surface area contributed by atoms with E-state index in [-0.39, 0.29) is 6.10 Å². The maximum absolute atomic E-state index is 9.91. The van der Waals surface area contributed by atoms with Crippen molar-refractivity contribution in [2.24, 2.45) is 0 Å². The molecule has 0 saturated heterocycles. The molecule has 82 valence electrons. The van der Waals surface area contributed by atoms with Crippen LogP contribution in [0.5, 0.6) is 0 Å². The molecular formula is C12H17NOS. The Morgan fingerprint density at radius 3 is 3.00 bits per heavy atom. The first-order valence-corrected chi connectivity index (χ1v) is 6.46. The number of thiazole rings is 1. The molecule has 0 amide bonds. The summed E-state index contributed by atoms with van der Waals surface area (Å²) in [6.07, 6.45) is 10.5. The average Bonchev–Trinajstić information content (AvgIpc) is 2.71. The van der Waals surface area contributed by atoms with Gasteiger partial charge in [-0.2, -0.15) is 0 Å². The summed E-state index contributed by atoms with van der Waals surface area (Å²) >= 11 is 1.62. The molecule has 0 radical (unpaired) electrons. The Kier molecular flexibility index (Phi) is 3.92. The molecule has 1 aliphatic rings. The summed E-state index contributed by atoms with van der Waals surface area (Å²) in [5.74, 6) is 0. The van der Waals surface area contributed by atoms with Gasteiger partial charge in [-0.05, 0) is 32.1 Å². The van der Waals surface area contributed by atoms with E-state index in [0.29, 0.717) is 0 Å². The second-order valence-electron chi connectivity index (χ2n) is 4.14. The first-order chi connectivity index (χ1) is 7.34. The molecule has 1 unspecified atom stereocenters. The summed E-state index contributed by atoms with van der Waals surface area (Å²) in [6, 6.07) is 0. The monoisotopic (exact) mass is 223 g/mol. The highest BCUT2D eigenvalue weighted by Crippen LogP contribution is 2.22. The maximum Gasteiger partial charge on any atom is 0.0794 e. The fourth-order valence-electron chi connectivity index (χ4n) is 2.04. The van der Waals surface area contributed by atoms with Crippen molar-refractivity contribution in [3.8, 4) is 0 Å². The van der Waals surface area contributed by atoms with E-state index in [1.54, 1.807) is 11.3 Å². The molecule has 15 heavy (non-hydrogen) atoms.